The van der Waals surface area contributed by atoms with Crippen LogP contribution in [0.1, 0.15) is 17.2 Å². The average Bonchev–Trinajstić information content (AvgIpc) is 2.61. The molecule has 3 aromatic rings. The van der Waals surface area contributed by atoms with E-state index in [2.05, 4.69) is 17.0 Å². The quantitative estimate of drug-likeness (QED) is 0.670. The first-order chi connectivity index (χ1) is 11.6. The Hall–Kier alpha value is -3.01. The third-order valence-corrected chi connectivity index (χ3v) is 4.22. The summed E-state index contributed by atoms with van der Waals surface area (Å²) < 4.78 is 11.5. The molecule has 1 aliphatic heterocycles. The van der Waals surface area contributed by atoms with E-state index in [9.17, 15) is 4.79 Å². The van der Waals surface area contributed by atoms with E-state index >= 15 is 0 Å². The molecule has 0 saturated heterocycles. The van der Waals surface area contributed by atoms with Crippen molar-refractivity contribution in [2.45, 2.75) is 6.10 Å². The molecule has 4 nitrogen and oxygen atoms in total. The van der Waals surface area contributed by atoms with Gasteiger partial charge in [-0.2, -0.15) is 0 Å². The number of rotatable bonds is 2. The lowest BCUT2D eigenvalue weighted by Crippen LogP contribution is -2.15. The molecule has 0 amide bonds. The van der Waals surface area contributed by atoms with Crippen LogP contribution >= 0.6 is 0 Å². The molecule has 1 atom stereocenters. The van der Waals surface area contributed by atoms with Crippen LogP contribution in [0.4, 0.5) is 5.69 Å². The molecule has 1 aliphatic rings. The van der Waals surface area contributed by atoms with Gasteiger partial charge in [0.15, 0.2) is 0 Å². The first kappa shape index (κ1) is 14.6. The van der Waals surface area contributed by atoms with Crippen molar-refractivity contribution in [3.05, 3.63) is 76.2 Å². The minimum atomic E-state index is -0.374. The number of benzene rings is 2. The molecule has 1 aromatic heterocycles. The van der Waals surface area contributed by atoms with Crippen molar-refractivity contribution in [3.63, 3.8) is 0 Å². The maximum absolute atomic E-state index is 12.1. The lowest BCUT2D eigenvalue weighted by Gasteiger charge is -2.23. The Morgan fingerprint density at radius 1 is 1.00 bits per heavy atom. The Morgan fingerprint density at radius 2 is 1.75 bits per heavy atom. The van der Waals surface area contributed by atoms with E-state index in [0.717, 1.165) is 16.6 Å². The van der Waals surface area contributed by atoms with Crippen molar-refractivity contribution >= 4 is 22.7 Å². The summed E-state index contributed by atoms with van der Waals surface area (Å²) in [7, 11) is 4.02. The van der Waals surface area contributed by atoms with Crippen LogP contribution in [0.25, 0.3) is 17.0 Å². The summed E-state index contributed by atoms with van der Waals surface area (Å²) in [6.45, 7) is 0. The Balaban J connectivity index is 1.77. The minimum absolute atomic E-state index is 0.223. The van der Waals surface area contributed by atoms with Gasteiger partial charge in [-0.05, 0) is 42.0 Å². The van der Waals surface area contributed by atoms with Crippen LogP contribution in [0.15, 0.2) is 63.8 Å². The third-order valence-electron chi connectivity index (χ3n) is 4.22. The molecule has 2 heterocycles. The second-order valence-corrected chi connectivity index (χ2v) is 6.01. The number of anilines is 1. The molecule has 4 rings (SSSR count). The van der Waals surface area contributed by atoms with Crippen molar-refractivity contribution in [2.24, 2.45) is 0 Å². The number of hydrogen-bond donors (Lipinski definition) is 0. The predicted molar refractivity (Wildman–Crippen MR) is 95.7 cm³/mol. The molecule has 0 aliphatic carbocycles. The Bertz CT molecular complexity index is 984. The fraction of sp³-hybridized carbons (Fsp3) is 0.150. The van der Waals surface area contributed by atoms with E-state index in [1.54, 1.807) is 12.1 Å². The van der Waals surface area contributed by atoms with Crippen LogP contribution in [0.2, 0.25) is 0 Å². The first-order valence-electron chi connectivity index (χ1n) is 7.81. The van der Waals surface area contributed by atoms with Crippen molar-refractivity contribution < 1.29 is 9.15 Å². The lowest BCUT2D eigenvalue weighted by atomic mass is 10.0. The maximum Gasteiger partial charge on any atom is 0.347 e. The SMILES string of the molecule is CN(C)c1ccc(C2C=Cc3c(c4ccccc4oc3=O)O2)cc1. The van der Waals surface area contributed by atoms with Gasteiger partial charge < -0.3 is 14.1 Å². The standard InChI is InChI=1S/C20H17NO3/c1-21(2)14-9-7-13(8-10-14)17-12-11-16-19(23-17)15-5-3-4-6-18(15)24-20(16)22/h3-12,17H,1-2H3. The summed E-state index contributed by atoms with van der Waals surface area (Å²) in [6, 6.07) is 15.6. The molecule has 0 radical (unpaired) electrons. The van der Waals surface area contributed by atoms with Crippen molar-refractivity contribution in [1.29, 1.82) is 0 Å². The van der Waals surface area contributed by atoms with Crippen molar-refractivity contribution in [1.82, 2.24) is 0 Å². The van der Waals surface area contributed by atoms with Crippen molar-refractivity contribution in [2.75, 3.05) is 19.0 Å². The van der Waals surface area contributed by atoms with E-state index in [0.29, 0.717) is 16.9 Å². The molecule has 1 unspecified atom stereocenters. The van der Waals surface area contributed by atoms with Gasteiger partial charge in [-0.15, -0.1) is 0 Å². The number of ether oxygens (including phenoxy) is 1. The maximum atomic E-state index is 12.1. The molecule has 24 heavy (non-hydrogen) atoms. The highest BCUT2D eigenvalue weighted by Gasteiger charge is 2.22. The second-order valence-electron chi connectivity index (χ2n) is 6.01. The monoisotopic (exact) mass is 319 g/mol. The summed E-state index contributed by atoms with van der Waals surface area (Å²) >= 11 is 0. The molecule has 120 valence electrons. The van der Waals surface area contributed by atoms with Gasteiger partial charge in [0.1, 0.15) is 23.0 Å². The van der Waals surface area contributed by atoms with Gasteiger partial charge in [-0.25, -0.2) is 4.79 Å². The van der Waals surface area contributed by atoms with E-state index in [1.165, 1.54) is 0 Å². The molecule has 0 bridgehead atoms. The second kappa shape index (κ2) is 5.57. The average molecular weight is 319 g/mol. The zero-order chi connectivity index (χ0) is 16.7. The largest absolute Gasteiger partial charge is 0.480 e. The summed E-state index contributed by atoms with van der Waals surface area (Å²) in [6.07, 6.45) is 3.46. The van der Waals surface area contributed by atoms with Crippen molar-refractivity contribution in [3.8, 4) is 5.75 Å². The topological polar surface area (TPSA) is 42.7 Å². The van der Waals surface area contributed by atoms with Crippen LogP contribution in [0.3, 0.4) is 0 Å². The zero-order valence-corrected chi connectivity index (χ0v) is 13.5. The molecule has 2 aromatic carbocycles. The van der Waals surface area contributed by atoms with Gasteiger partial charge in [-0.1, -0.05) is 24.3 Å². The number of nitrogens with zero attached hydrogens (tertiary/aromatic N) is 1. The molecule has 0 fully saturated rings. The van der Waals surface area contributed by atoms with Crippen LogP contribution < -0.4 is 15.3 Å². The van der Waals surface area contributed by atoms with Gasteiger partial charge >= 0.3 is 5.63 Å². The van der Waals surface area contributed by atoms with Gasteiger partial charge in [0.25, 0.3) is 0 Å². The molecule has 0 spiro atoms. The van der Waals surface area contributed by atoms with Gasteiger partial charge in [0.05, 0.1) is 5.39 Å². The number of fused-ring (bicyclic) bond motifs is 3. The fourth-order valence-electron chi connectivity index (χ4n) is 2.90. The van der Waals surface area contributed by atoms with Gasteiger partial charge in [0, 0.05) is 19.8 Å². The number of para-hydroxylation sites is 1. The highest BCUT2D eigenvalue weighted by atomic mass is 16.5. The highest BCUT2D eigenvalue weighted by Crippen LogP contribution is 2.36. The lowest BCUT2D eigenvalue weighted by molar-refractivity contribution is 0.253. The van der Waals surface area contributed by atoms with Crippen LogP contribution in [0, 0.1) is 0 Å². The molecular formula is C20H17NO3. The smallest absolute Gasteiger partial charge is 0.347 e. The Morgan fingerprint density at radius 3 is 2.50 bits per heavy atom. The van der Waals surface area contributed by atoms with Crippen LogP contribution in [0.5, 0.6) is 5.75 Å². The van der Waals surface area contributed by atoms with Gasteiger partial charge in [-0.3, -0.25) is 0 Å². The Labute approximate surface area is 139 Å². The van der Waals surface area contributed by atoms with E-state index in [-0.39, 0.29) is 11.7 Å². The highest BCUT2D eigenvalue weighted by molar-refractivity contribution is 5.87. The first-order valence-corrected chi connectivity index (χ1v) is 7.81. The molecule has 0 N–H and O–H groups in total. The van der Waals surface area contributed by atoms with Crippen LogP contribution in [-0.4, -0.2) is 14.1 Å². The summed E-state index contributed by atoms with van der Waals surface area (Å²) in [4.78, 5) is 14.2. The van der Waals surface area contributed by atoms with Gasteiger partial charge in [0.2, 0.25) is 0 Å². The molecular weight excluding hydrogens is 302 g/mol. The van der Waals surface area contributed by atoms with E-state index in [1.807, 2.05) is 50.5 Å². The Kier molecular flexibility index (Phi) is 3.38. The third kappa shape index (κ3) is 2.36. The zero-order valence-electron chi connectivity index (χ0n) is 13.5. The normalized spacial score (nSPS) is 15.8. The number of hydrogen-bond acceptors (Lipinski definition) is 4. The summed E-state index contributed by atoms with van der Waals surface area (Å²) in [5.41, 5.74) is 2.80. The predicted octanol–water partition coefficient (Wildman–Crippen LogP) is 4.01. The fourth-order valence-corrected chi connectivity index (χ4v) is 2.90. The van der Waals surface area contributed by atoms with E-state index in [4.69, 9.17) is 9.15 Å². The van der Waals surface area contributed by atoms with Crippen LogP contribution in [-0.2, 0) is 0 Å². The minimum Gasteiger partial charge on any atom is -0.480 e. The summed E-state index contributed by atoms with van der Waals surface area (Å²) in [5, 5.41) is 0.811. The van der Waals surface area contributed by atoms with E-state index < -0.39 is 0 Å². The molecule has 4 heteroatoms. The summed E-state index contributed by atoms with van der Waals surface area (Å²) in [5.74, 6) is 0.589. The molecule has 0 saturated carbocycles.